The van der Waals surface area contributed by atoms with Crippen LogP contribution in [0.15, 0.2) is 28.8 Å². The highest BCUT2D eigenvalue weighted by Crippen LogP contribution is 2.29. The number of hydrogen-bond donors (Lipinski definition) is 2. The van der Waals surface area contributed by atoms with E-state index in [1.807, 2.05) is 13.0 Å². The van der Waals surface area contributed by atoms with Crippen molar-refractivity contribution >= 4 is 28.2 Å². The number of carbonyl (C=O) groups is 1. The molecule has 0 aliphatic rings. The maximum absolute atomic E-state index is 12.5. The molecule has 0 aliphatic carbocycles. The lowest BCUT2D eigenvalue weighted by Gasteiger charge is -2.10. The number of aliphatic hydroxyl groups is 1. The molecule has 2 N–H and O–H groups in total. The van der Waals surface area contributed by atoms with E-state index in [1.54, 1.807) is 43.5 Å². The number of aliphatic hydroxyl groups excluding tert-OH is 1. The zero-order valence-corrected chi connectivity index (χ0v) is 15.1. The van der Waals surface area contributed by atoms with E-state index in [9.17, 15) is 4.79 Å². The third-order valence-electron chi connectivity index (χ3n) is 3.76. The number of fused-ring (bicyclic) bond motifs is 1. The average molecular weight is 360 g/mol. The van der Waals surface area contributed by atoms with Crippen molar-refractivity contribution in [2.24, 2.45) is 0 Å². The second-order valence-corrected chi connectivity index (χ2v) is 7.20. The number of rotatable bonds is 6. The van der Waals surface area contributed by atoms with Gasteiger partial charge in [-0.15, -0.1) is 11.3 Å². The van der Waals surface area contributed by atoms with Gasteiger partial charge in [0.05, 0.1) is 22.1 Å². The molecule has 1 amide bonds. The van der Waals surface area contributed by atoms with Crippen molar-refractivity contribution in [3.05, 3.63) is 45.6 Å². The van der Waals surface area contributed by atoms with E-state index in [1.165, 1.54) is 0 Å². The third-order valence-corrected chi connectivity index (χ3v) is 4.65. The molecule has 1 unspecified atom stereocenters. The Morgan fingerprint density at radius 1 is 1.44 bits per heavy atom. The Morgan fingerprint density at radius 3 is 2.92 bits per heavy atom. The number of ether oxygens (including phenoxy) is 1. The average Bonchev–Trinajstić information content (AvgIpc) is 3.14. The van der Waals surface area contributed by atoms with Crippen molar-refractivity contribution in [2.75, 3.05) is 6.61 Å². The molecule has 25 heavy (non-hydrogen) atoms. The van der Waals surface area contributed by atoms with E-state index >= 15 is 0 Å². The van der Waals surface area contributed by atoms with Crippen molar-refractivity contribution in [1.29, 1.82) is 0 Å². The molecular formula is C18H20N2O4S. The highest BCUT2D eigenvalue weighted by atomic mass is 32.1. The van der Waals surface area contributed by atoms with Crippen LogP contribution in [0.4, 0.5) is 0 Å². The zero-order valence-electron chi connectivity index (χ0n) is 14.3. The van der Waals surface area contributed by atoms with Gasteiger partial charge in [-0.2, -0.15) is 0 Å². The summed E-state index contributed by atoms with van der Waals surface area (Å²) in [7, 11) is 0. The molecule has 3 aromatic rings. The van der Waals surface area contributed by atoms with Crippen LogP contribution in [0.1, 0.15) is 32.9 Å². The minimum atomic E-state index is -0.328. The lowest BCUT2D eigenvalue weighted by atomic mass is 10.1. The standard InChI is InChI=1S/C18H20N2O4S/c1-10(8-21)20-18(22)17-11(2)24-16-5-4-13(6-15(16)17)23-9-14-7-19-12(3)25-14/h4-7,10,21H,8-9H2,1-3H3,(H,20,22). The molecule has 6 nitrogen and oxygen atoms in total. The van der Waals surface area contributed by atoms with Gasteiger partial charge in [0.1, 0.15) is 23.7 Å². The van der Waals surface area contributed by atoms with Gasteiger partial charge >= 0.3 is 0 Å². The van der Waals surface area contributed by atoms with Gasteiger partial charge in [0.2, 0.25) is 0 Å². The van der Waals surface area contributed by atoms with Gasteiger partial charge in [-0.1, -0.05) is 0 Å². The molecule has 0 radical (unpaired) electrons. The summed E-state index contributed by atoms with van der Waals surface area (Å²) in [4.78, 5) is 17.7. The first-order chi connectivity index (χ1) is 12.0. The minimum absolute atomic E-state index is 0.122. The maximum atomic E-state index is 12.5. The Labute approximate surface area is 149 Å². The molecule has 0 aliphatic heterocycles. The Balaban J connectivity index is 1.85. The van der Waals surface area contributed by atoms with Gasteiger partial charge in [0, 0.05) is 17.6 Å². The van der Waals surface area contributed by atoms with E-state index < -0.39 is 0 Å². The number of aryl methyl sites for hydroxylation is 2. The van der Waals surface area contributed by atoms with Crippen LogP contribution in [0.5, 0.6) is 5.75 Å². The van der Waals surface area contributed by atoms with Gasteiger partial charge in [0.25, 0.3) is 5.91 Å². The van der Waals surface area contributed by atoms with E-state index in [0.29, 0.717) is 34.6 Å². The van der Waals surface area contributed by atoms with Crippen molar-refractivity contribution in [2.45, 2.75) is 33.4 Å². The number of carbonyl (C=O) groups excluding carboxylic acids is 1. The molecular weight excluding hydrogens is 340 g/mol. The monoisotopic (exact) mass is 360 g/mol. The molecule has 2 heterocycles. The molecule has 0 fully saturated rings. The molecule has 7 heteroatoms. The summed E-state index contributed by atoms with van der Waals surface area (Å²) in [6.07, 6.45) is 1.80. The molecule has 132 valence electrons. The fourth-order valence-electron chi connectivity index (χ4n) is 2.54. The van der Waals surface area contributed by atoms with Crippen LogP contribution in [0, 0.1) is 13.8 Å². The number of nitrogens with one attached hydrogen (secondary N) is 1. The zero-order chi connectivity index (χ0) is 18.0. The van der Waals surface area contributed by atoms with Gasteiger partial charge in [-0.05, 0) is 39.0 Å². The first-order valence-electron chi connectivity index (χ1n) is 7.97. The number of furan rings is 1. The maximum Gasteiger partial charge on any atom is 0.255 e. The molecule has 0 saturated heterocycles. The lowest BCUT2D eigenvalue weighted by Crippen LogP contribution is -2.35. The predicted octanol–water partition coefficient (Wildman–Crippen LogP) is 3.20. The number of thiazole rings is 1. The smallest absolute Gasteiger partial charge is 0.255 e. The normalized spacial score (nSPS) is 12.3. The number of aromatic nitrogens is 1. The summed E-state index contributed by atoms with van der Waals surface area (Å²) in [6, 6.07) is 5.09. The van der Waals surface area contributed by atoms with Gasteiger partial charge in [0.15, 0.2) is 0 Å². The number of benzene rings is 1. The Hall–Kier alpha value is -2.38. The van der Waals surface area contributed by atoms with Gasteiger partial charge in [-0.25, -0.2) is 4.98 Å². The summed E-state index contributed by atoms with van der Waals surface area (Å²) in [5.74, 6) is 0.921. The van der Waals surface area contributed by atoms with Crippen molar-refractivity contribution in [1.82, 2.24) is 10.3 Å². The van der Waals surface area contributed by atoms with Crippen LogP contribution >= 0.6 is 11.3 Å². The second kappa shape index (κ2) is 7.25. The van der Waals surface area contributed by atoms with Crippen LogP contribution in [-0.2, 0) is 6.61 Å². The van der Waals surface area contributed by atoms with Crippen LogP contribution in [-0.4, -0.2) is 28.6 Å². The Bertz CT molecular complexity index is 900. The van der Waals surface area contributed by atoms with Crippen molar-refractivity contribution < 1.29 is 19.1 Å². The molecule has 3 rings (SSSR count). The van der Waals surface area contributed by atoms with Crippen LogP contribution < -0.4 is 10.1 Å². The first-order valence-corrected chi connectivity index (χ1v) is 8.78. The minimum Gasteiger partial charge on any atom is -0.488 e. The molecule has 1 atom stereocenters. The summed E-state index contributed by atoms with van der Waals surface area (Å²) >= 11 is 1.59. The van der Waals surface area contributed by atoms with Crippen LogP contribution in [0.3, 0.4) is 0 Å². The SMILES string of the molecule is Cc1ncc(COc2ccc3oc(C)c(C(=O)NC(C)CO)c3c2)s1. The largest absolute Gasteiger partial charge is 0.488 e. The van der Waals surface area contributed by atoms with Crippen molar-refractivity contribution in [3.63, 3.8) is 0 Å². The summed E-state index contributed by atoms with van der Waals surface area (Å²) < 4.78 is 11.5. The van der Waals surface area contributed by atoms with Gasteiger partial charge in [-0.3, -0.25) is 4.79 Å². The van der Waals surface area contributed by atoms with E-state index in [2.05, 4.69) is 10.3 Å². The third kappa shape index (κ3) is 3.83. The number of amides is 1. The summed E-state index contributed by atoms with van der Waals surface area (Å²) in [6.45, 7) is 5.74. The molecule has 0 spiro atoms. The summed E-state index contributed by atoms with van der Waals surface area (Å²) in [5.41, 5.74) is 1.09. The predicted molar refractivity (Wildman–Crippen MR) is 96.1 cm³/mol. The highest BCUT2D eigenvalue weighted by molar-refractivity contribution is 7.11. The topological polar surface area (TPSA) is 84.6 Å². The fourth-order valence-corrected chi connectivity index (χ4v) is 3.25. The van der Waals surface area contributed by atoms with Crippen LogP contribution in [0.25, 0.3) is 11.0 Å². The van der Waals surface area contributed by atoms with Crippen LogP contribution in [0.2, 0.25) is 0 Å². The van der Waals surface area contributed by atoms with Gasteiger partial charge < -0.3 is 19.6 Å². The Morgan fingerprint density at radius 2 is 2.24 bits per heavy atom. The van der Waals surface area contributed by atoms with E-state index in [0.717, 1.165) is 9.88 Å². The second-order valence-electron chi connectivity index (χ2n) is 5.88. The lowest BCUT2D eigenvalue weighted by molar-refractivity contribution is 0.0922. The summed E-state index contributed by atoms with van der Waals surface area (Å²) in [5, 5.41) is 13.6. The number of hydrogen-bond acceptors (Lipinski definition) is 6. The molecule has 2 aromatic heterocycles. The quantitative estimate of drug-likeness (QED) is 0.705. The highest BCUT2D eigenvalue weighted by Gasteiger charge is 2.20. The Kier molecular flexibility index (Phi) is 5.06. The van der Waals surface area contributed by atoms with E-state index in [4.69, 9.17) is 14.3 Å². The molecule has 0 saturated carbocycles. The number of nitrogens with zero attached hydrogens (tertiary/aromatic N) is 1. The first kappa shape index (κ1) is 17.4. The van der Waals surface area contributed by atoms with Crippen molar-refractivity contribution in [3.8, 4) is 5.75 Å². The molecule has 0 bridgehead atoms. The fraction of sp³-hybridized carbons (Fsp3) is 0.333. The van der Waals surface area contributed by atoms with E-state index in [-0.39, 0.29) is 18.6 Å². The molecule has 1 aromatic carbocycles.